The highest BCUT2D eigenvalue weighted by molar-refractivity contribution is 7.89. The normalized spacial score (nSPS) is 21.7. The fourth-order valence-electron chi connectivity index (χ4n) is 3.25. The van der Waals surface area contributed by atoms with Crippen LogP contribution >= 0.6 is 23.2 Å². The molecule has 1 atom stereocenters. The molecule has 1 heterocycles. The third-order valence-electron chi connectivity index (χ3n) is 4.66. The van der Waals surface area contributed by atoms with Crippen LogP contribution in [0.15, 0.2) is 35.2 Å². The van der Waals surface area contributed by atoms with Gasteiger partial charge in [-0.1, -0.05) is 41.4 Å². The SMILES string of the molecule is O=C(C[C@H]1C=CCC1)N1CCN(S(=O)(=O)c2c(Cl)cccc2Cl)CC1. The summed E-state index contributed by atoms with van der Waals surface area (Å²) in [6, 6.07) is 4.63. The van der Waals surface area contributed by atoms with E-state index in [1.54, 1.807) is 11.0 Å². The van der Waals surface area contributed by atoms with E-state index >= 15 is 0 Å². The van der Waals surface area contributed by atoms with E-state index < -0.39 is 10.0 Å². The molecular formula is C17H20Cl2N2O3S. The standard InChI is InChI=1S/C17H20Cl2N2O3S/c18-14-6-3-7-15(19)17(14)25(23,24)21-10-8-20(9-11-21)16(22)12-13-4-1-2-5-13/h1,3-4,6-7,13H,2,5,8-12H2/t13-/m0/s1. The Hall–Kier alpha value is -1.08. The van der Waals surface area contributed by atoms with Gasteiger partial charge >= 0.3 is 0 Å². The van der Waals surface area contributed by atoms with E-state index in [1.165, 1.54) is 16.4 Å². The van der Waals surface area contributed by atoms with E-state index in [1.807, 2.05) is 0 Å². The Bertz CT molecular complexity index is 767. The lowest BCUT2D eigenvalue weighted by atomic mass is 10.0. The topological polar surface area (TPSA) is 57.7 Å². The summed E-state index contributed by atoms with van der Waals surface area (Å²) in [6.07, 6.45) is 6.75. The van der Waals surface area contributed by atoms with Crippen LogP contribution in [-0.2, 0) is 14.8 Å². The number of hydrogen-bond acceptors (Lipinski definition) is 3. The summed E-state index contributed by atoms with van der Waals surface area (Å²) in [4.78, 5) is 14.1. The zero-order valence-corrected chi connectivity index (χ0v) is 16.0. The fourth-order valence-corrected chi connectivity index (χ4v) is 5.77. The summed E-state index contributed by atoms with van der Waals surface area (Å²) in [6.45, 7) is 1.26. The molecule has 136 valence electrons. The van der Waals surface area contributed by atoms with Crippen molar-refractivity contribution in [3.8, 4) is 0 Å². The summed E-state index contributed by atoms with van der Waals surface area (Å²) in [5.74, 6) is 0.403. The first-order chi connectivity index (χ1) is 11.9. The van der Waals surface area contributed by atoms with E-state index in [4.69, 9.17) is 23.2 Å². The summed E-state index contributed by atoms with van der Waals surface area (Å²) in [5.41, 5.74) is 0. The van der Waals surface area contributed by atoms with Gasteiger partial charge in [0.05, 0.1) is 10.0 Å². The van der Waals surface area contributed by atoms with Crippen LogP contribution in [0.25, 0.3) is 0 Å². The second-order valence-corrected chi connectivity index (χ2v) is 8.99. The van der Waals surface area contributed by atoms with E-state index in [2.05, 4.69) is 12.2 Å². The molecule has 1 saturated heterocycles. The molecule has 1 amide bonds. The number of amides is 1. The van der Waals surface area contributed by atoms with Crippen molar-refractivity contribution in [1.29, 1.82) is 0 Å². The Morgan fingerprint density at radius 1 is 1.12 bits per heavy atom. The van der Waals surface area contributed by atoms with Crippen molar-refractivity contribution in [3.63, 3.8) is 0 Å². The second-order valence-electron chi connectivity index (χ2n) is 6.31. The van der Waals surface area contributed by atoms with E-state index in [9.17, 15) is 13.2 Å². The highest BCUT2D eigenvalue weighted by Crippen LogP contribution is 2.32. The van der Waals surface area contributed by atoms with E-state index in [0.717, 1.165) is 12.8 Å². The molecule has 1 fully saturated rings. The molecule has 0 unspecified atom stereocenters. The summed E-state index contributed by atoms with van der Waals surface area (Å²) in [7, 11) is -3.77. The van der Waals surface area contributed by atoms with Gasteiger partial charge in [0.2, 0.25) is 15.9 Å². The van der Waals surface area contributed by atoms with Crippen LogP contribution in [0, 0.1) is 5.92 Å². The van der Waals surface area contributed by atoms with Gasteiger partial charge in [0.15, 0.2) is 0 Å². The molecule has 5 nitrogen and oxygen atoms in total. The molecule has 8 heteroatoms. The van der Waals surface area contributed by atoms with Crippen molar-refractivity contribution < 1.29 is 13.2 Å². The zero-order valence-electron chi connectivity index (χ0n) is 13.7. The van der Waals surface area contributed by atoms with Crippen LogP contribution in [0.5, 0.6) is 0 Å². The lowest BCUT2D eigenvalue weighted by Crippen LogP contribution is -2.50. The Labute approximate surface area is 158 Å². The van der Waals surface area contributed by atoms with Crippen molar-refractivity contribution in [1.82, 2.24) is 9.21 Å². The maximum Gasteiger partial charge on any atom is 0.246 e. The van der Waals surface area contributed by atoms with Crippen LogP contribution < -0.4 is 0 Å². The van der Waals surface area contributed by atoms with Crippen LogP contribution in [0.2, 0.25) is 10.0 Å². The fraction of sp³-hybridized carbons (Fsp3) is 0.471. The van der Waals surface area contributed by atoms with Crippen LogP contribution in [-0.4, -0.2) is 49.7 Å². The molecule has 0 radical (unpaired) electrons. The number of carbonyl (C=O) groups is 1. The van der Waals surface area contributed by atoms with Gasteiger partial charge in [-0.05, 0) is 30.9 Å². The van der Waals surface area contributed by atoms with Crippen molar-refractivity contribution in [2.24, 2.45) is 5.92 Å². The Morgan fingerprint density at radius 2 is 1.76 bits per heavy atom. The second kappa shape index (κ2) is 7.66. The first-order valence-corrected chi connectivity index (χ1v) is 10.5. The van der Waals surface area contributed by atoms with Gasteiger partial charge in [-0.3, -0.25) is 4.79 Å². The van der Waals surface area contributed by atoms with Crippen molar-refractivity contribution in [3.05, 3.63) is 40.4 Å². The molecule has 2 aliphatic rings. The van der Waals surface area contributed by atoms with Crippen LogP contribution in [0.1, 0.15) is 19.3 Å². The molecule has 1 aliphatic heterocycles. The maximum atomic E-state index is 12.8. The van der Waals surface area contributed by atoms with Crippen LogP contribution in [0.3, 0.4) is 0 Å². The Morgan fingerprint density at radius 3 is 2.32 bits per heavy atom. The molecule has 1 aliphatic carbocycles. The minimum Gasteiger partial charge on any atom is -0.340 e. The number of halogens is 2. The number of piperazine rings is 1. The Balaban J connectivity index is 1.65. The highest BCUT2D eigenvalue weighted by atomic mass is 35.5. The minimum absolute atomic E-state index is 0.0609. The Kier molecular flexibility index (Phi) is 5.73. The molecule has 25 heavy (non-hydrogen) atoms. The number of allylic oxidation sites excluding steroid dienone is 2. The molecule has 1 aromatic rings. The largest absolute Gasteiger partial charge is 0.340 e. The minimum atomic E-state index is -3.77. The maximum absolute atomic E-state index is 12.8. The lowest BCUT2D eigenvalue weighted by molar-refractivity contribution is -0.133. The van der Waals surface area contributed by atoms with Gasteiger partial charge in [-0.2, -0.15) is 4.31 Å². The molecule has 3 rings (SSSR count). The molecular weight excluding hydrogens is 383 g/mol. The first kappa shape index (κ1) is 18.7. The highest BCUT2D eigenvalue weighted by Gasteiger charge is 2.33. The first-order valence-electron chi connectivity index (χ1n) is 8.28. The van der Waals surface area contributed by atoms with Gasteiger partial charge in [0, 0.05) is 32.6 Å². The molecule has 0 bridgehead atoms. The number of benzene rings is 1. The lowest BCUT2D eigenvalue weighted by Gasteiger charge is -2.34. The monoisotopic (exact) mass is 402 g/mol. The quantitative estimate of drug-likeness (QED) is 0.726. The van der Waals surface area contributed by atoms with Gasteiger partial charge in [-0.25, -0.2) is 8.42 Å². The van der Waals surface area contributed by atoms with Gasteiger partial charge in [-0.15, -0.1) is 0 Å². The number of hydrogen-bond donors (Lipinski definition) is 0. The van der Waals surface area contributed by atoms with Gasteiger partial charge in [0.1, 0.15) is 4.90 Å². The molecule has 0 spiro atoms. The van der Waals surface area contributed by atoms with Crippen molar-refractivity contribution in [2.75, 3.05) is 26.2 Å². The number of rotatable bonds is 4. The number of sulfonamides is 1. The third kappa shape index (κ3) is 4.03. The van der Waals surface area contributed by atoms with Crippen molar-refractivity contribution in [2.45, 2.75) is 24.2 Å². The predicted octanol–water partition coefficient (Wildman–Crippen LogP) is 3.18. The van der Waals surface area contributed by atoms with Gasteiger partial charge in [0.25, 0.3) is 0 Å². The van der Waals surface area contributed by atoms with Crippen molar-refractivity contribution >= 4 is 39.1 Å². The molecule has 1 aromatic carbocycles. The predicted molar refractivity (Wildman–Crippen MR) is 98.3 cm³/mol. The summed E-state index contributed by atoms with van der Waals surface area (Å²) >= 11 is 12.1. The van der Waals surface area contributed by atoms with Gasteiger partial charge < -0.3 is 4.90 Å². The van der Waals surface area contributed by atoms with E-state index in [-0.39, 0.29) is 33.9 Å². The molecule has 0 saturated carbocycles. The number of carbonyl (C=O) groups excluding carboxylic acids is 1. The average Bonchev–Trinajstić information content (AvgIpc) is 3.07. The summed E-state index contributed by atoms with van der Waals surface area (Å²) in [5, 5.41) is 0.220. The smallest absolute Gasteiger partial charge is 0.246 e. The third-order valence-corrected chi connectivity index (χ3v) is 7.51. The van der Waals surface area contributed by atoms with E-state index in [0.29, 0.717) is 25.4 Å². The average molecular weight is 403 g/mol. The molecule has 0 N–H and O–H groups in total. The van der Waals surface area contributed by atoms with Crippen LogP contribution in [0.4, 0.5) is 0 Å². The summed E-state index contributed by atoms with van der Waals surface area (Å²) < 4.78 is 27.0. The zero-order chi connectivity index (χ0) is 18.0. The molecule has 0 aromatic heterocycles. The number of nitrogens with zero attached hydrogens (tertiary/aromatic N) is 2.